The van der Waals surface area contributed by atoms with Crippen LogP contribution in [0, 0.1) is 10.1 Å². The van der Waals surface area contributed by atoms with Crippen LogP contribution >= 0.6 is 0 Å². The SMILES string of the molecule is CC(=O)N[C@@H](OC(C)=O)C(OCCOCCOCCNC(=O)c1ccc([N+](=O)[O-])nc1)OC(COC(C)=O)[C@@H](C)OC(C)=O. The molecule has 1 heterocycles. The van der Waals surface area contributed by atoms with E-state index in [1.807, 2.05) is 0 Å². The van der Waals surface area contributed by atoms with Crippen molar-refractivity contribution in [3.8, 4) is 0 Å². The average molecular weight is 631 g/mol. The van der Waals surface area contributed by atoms with Gasteiger partial charge in [-0.1, -0.05) is 0 Å². The first-order chi connectivity index (χ1) is 20.8. The van der Waals surface area contributed by atoms with Gasteiger partial charge >= 0.3 is 23.7 Å². The molecule has 0 aliphatic carbocycles. The van der Waals surface area contributed by atoms with Crippen LogP contribution in [0.1, 0.15) is 45.0 Å². The quantitative estimate of drug-likeness (QED) is 0.0455. The van der Waals surface area contributed by atoms with Gasteiger partial charge in [0.2, 0.25) is 18.4 Å². The number of amides is 2. The van der Waals surface area contributed by atoms with Crippen LogP contribution in [0.4, 0.5) is 5.82 Å². The molecule has 246 valence electrons. The molecule has 2 amide bonds. The number of nitro groups is 1. The zero-order valence-electron chi connectivity index (χ0n) is 25.1. The lowest BCUT2D eigenvalue weighted by atomic mass is 10.2. The lowest BCUT2D eigenvalue weighted by Gasteiger charge is -2.32. The third-order valence-corrected chi connectivity index (χ3v) is 5.13. The highest BCUT2D eigenvalue weighted by atomic mass is 16.7. The van der Waals surface area contributed by atoms with Crippen molar-refractivity contribution >= 4 is 35.5 Å². The van der Waals surface area contributed by atoms with Crippen molar-refractivity contribution in [1.82, 2.24) is 15.6 Å². The number of hydrogen-bond donors (Lipinski definition) is 2. The molecule has 0 spiro atoms. The van der Waals surface area contributed by atoms with Gasteiger partial charge in [0, 0.05) is 40.3 Å². The largest absolute Gasteiger partial charge is 0.463 e. The maximum atomic E-state index is 12.1. The highest BCUT2D eigenvalue weighted by Crippen LogP contribution is 2.14. The van der Waals surface area contributed by atoms with E-state index in [4.69, 9.17) is 33.2 Å². The van der Waals surface area contributed by atoms with Crippen LogP contribution in [0.3, 0.4) is 0 Å². The standard InChI is InChI=1S/C26H38N4O14/c1-16(42-19(4)33)22(15-41-18(3)32)44-26(25(29-17(2)31)43-20(5)34)40-13-12-39-11-10-38-9-8-27-24(35)21-6-7-23(28-14-21)30(36)37/h6-7,14,16,22,25-26H,8-13,15H2,1-5H3,(H,27,35)(H,29,31)/t16-,22?,25+,26?/m1/s1. The van der Waals surface area contributed by atoms with Crippen LogP contribution in [0.2, 0.25) is 0 Å². The number of carbonyl (C=O) groups is 5. The Morgan fingerprint density at radius 3 is 2.09 bits per heavy atom. The third-order valence-electron chi connectivity index (χ3n) is 5.13. The Bertz CT molecular complexity index is 1080. The Morgan fingerprint density at radius 1 is 0.909 bits per heavy atom. The van der Waals surface area contributed by atoms with Gasteiger partial charge < -0.3 is 53.9 Å². The van der Waals surface area contributed by atoms with Gasteiger partial charge in [-0.05, 0) is 22.9 Å². The average Bonchev–Trinajstić information content (AvgIpc) is 2.93. The van der Waals surface area contributed by atoms with Gasteiger partial charge in [0.15, 0.2) is 6.20 Å². The summed E-state index contributed by atoms with van der Waals surface area (Å²) in [6.07, 6.45) is -3.71. The highest BCUT2D eigenvalue weighted by Gasteiger charge is 2.33. The van der Waals surface area contributed by atoms with Gasteiger partial charge in [-0.25, -0.2) is 0 Å². The Hall–Kier alpha value is -4.26. The topological polar surface area (TPSA) is 230 Å². The van der Waals surface area contributed by atoms with Crippen molar-refractivity contribution in [2.24, 2.45) is 0 Å². The second kappa shape index (κ2) is 20.6. The summed E-state index contributed by atoms with van der Waals surface area (Å²) < 4.78 is 37.7. The van der Waals surface area contributed by atoms with E-state index in [0.717, 1.165) is 19.2 Å². The molecule has 0 fully saturated rings. The summed E-state index contributed by atoms with van der Waals surface area (Å²) >= 11 is 0. The lowest BCUT2D eigenvalue weighted by Crippen LogP contribution is -2.51. The van der Waals surface area contributed by atoms with E-state index >= 15 is 0 Å². The van der Waals surface area contributed by atoms with Crippen LogP contribution in [0.5, 0.6) is 0 Å². The van der Waals surface area contributed by atoms with Crippen LogP contribution < -0.4 is 10.6 Å². The summed E-state index contributed by atoms with van der Waals surface area (Å²) in [7, 11) is 0. The smallest absolute Gasteiger partial charge is 0.363 e. The number of esters is 3. The van der Waals surface area contributed by atoms with Gasteiger partial charge in [-0.15, -0.1) is 0 Å². The molecule has 44 heavy (non-hydrogen) atoms. The highest BCUT2D eigenvalue weighted by molar-refractivity contribution is 5.93. The van der Waals surface area contributed by atoms with E-state index in [2.05, 4.69) is 15.6 Å². The predicted octanol–water partition coefficient (Wildman–Crippen LogP) is 0.0207. The van der Waals surface area contributed by atoms with Crippen molar-refractivity contribution < 1.29 is 62.1 Å². The fourth-order valence-electron chi connectivity index (χ4n) is 3.24. The summed E-state index contributed by atoms with van der Waals surface area (Å²) in [6, 6.07) is 2.42. The molecule has 2 N–H and O–H groups in total. The minimum atomic E-state index is -1.42. The van der Waals surface area contributed by atoms with Crippen LogP contribution in [-0.2, 0) is 52.3 Å². The molecule has 1 aromatic rings. The number of ether oxygens (including phenoxy) is 7. The van der Waals surface area contributed by atoms with Gasteiger partial charge in [0.05, 0.1) is 38.6 Å². The van der Waals surface area contributed by atoms with Crippen molar-refractivity contribution in [3.63, 3.8) is 0 Å². The second-order valence-electron chi connectivity index (χ2n) is 8.90. The molecular weight excluding hydrogens is 592 g/mol. The summed E-state index contributed by atoms with van der Waals surface area (Å²) in [5.41, 5.74) is 0.161. The first-order valence-corrected chi connectivity index (χ1v) is 13.4. The number of hydrogen-bond acceptors (Lipinski definition) is 15. The van der Waals surface area contributed by atoms with E-state index in [1.54, 1.807) is 0 Å². The van der Waals surface area contributed by atoms with Crippen molar-refractivity contribution in [2.75, 3.05) is 46.2 Å². The van der Waals surface area contributed by atoms with Crippen LogP contribution in [0.25, 0.3) is 0 Å². The van der Waals surface area contributed by atoms with E-state index in [-0.39, 0.29) is 57.6 Å². The van der Waals surface area contributed by atoms with Crippen LogP contribution in [-0.4, -0.2) is 111 Å². The molecule has 0 bridgehead atoms. The first-order valence-electron chi connectivity index (χ1n) is 13.4. The minimum Gasteiger partial charge on any atom is -0.463 e. The Morgan fingerprint density at radius 2 is 1.55 bits per heavy atom. The summed E-state index contributed by atoms with van der Waals surface area (Å²) in [4.78, 5) is 71.9. The molecule has 1 rings (SSSR count). The lowest BCUT2D eigenvalue weighted by molar-refractivity contribution is -0.389. The number of nitrogens with zero attached hydrogens (tertiary/aromatic N) is 2. The van der Waals surface area contributed by atoms with Gasteiger partial charge in [-0.3, -0.25) is 24.0 Å². The minimum absolute atomic E-state index is 0.0219. The Labute approximate surface area is 253 Å². The molecule has 1 aromatic heterocycles. The zero-order chi connectivity index (χ0) is 33.1. The molecular formula is C26H38N4O14. The number of carbonyl (C=O) groups excluding carboxylic acids is 5. The summed E-state index contributed by atoms with van der Waals surface area (Å²) in [5, 5.41) is 15.6. The molecule has 0 aliphatic heterocycles. The molecule has 2 unspecified atom stereocenters. The molecule has 0 saturated heterocycles. The maximum Gasteiger partial charge on any atom is 0.363 e. The monoisotopic (exact) mass is 630 g/mol. The van der Waals surface area contributed by atoms with E-state index in [1.165, 1.54) is 33.8 Å². The van der Waals surface area contributed by atoms with E-state index in [0.29, 0.717) is 0 Å². The summed E-state index contributed by atoms with van der Waals surface area (Å²) in [6.45, 7) is 6.37. The molecule has 0 radical (unpaired) electrons. The molecule has 4 atom stereocenters. The molecule has 0 saturated carbocycles. The van der Waals surface area contributed by atoms with Gasteiger partial charge in [-0.2, -0.15) is 0 Å². The number of aromatic nitrogens is 1. The Balaban J connectivity index is 2.57. The zero-order valence-corrected chi connectivity index (χ0v) is 25.1. The van der Waals surface area contributed by atoms with Crippen molar-refractivity contribution in [2.45, 2.75) is 59.3 Å². The first kappa shape index (κ1) is 37.8. The Kier molecular flexibility index (Phi) is 17.7. The van der Waals surface area contributed by atoms with Gasteiger partial charge in [0.25, 0.3) is 5.91 Å². The predicted molar refractivity (Wildman–Crippen MR) is 147 cm³/mol. The van der Waals surface area contributed by atoms with Crippen molar-refractivity contribution in [1.29, 1.82) is 0 Å². The third kappa shape index (κ3) is 16.4. The molecule has 18 heteroatoms. The number of pyridine rings is 1. The molecule has 18 nitrogen and oxygen atoms in total. The van der Waals surface area contributed by atoms with Crippen LogP contribution in [0.15, 0.2) is 18.3 Å². The number of nitrogens with one attached hydrogen (secondary N) is 2. The summed E-state index contributed by atoms with van der Waals surface area (Å²) in [5.74, 6) is -3.39. The fraction of sp³-hybridized carbons (Fsp3) is 0.615. The van der Waals surface area contributed by atoms with Gasteiger partial charge in [0.1, 0.15) is 18.8 Å². The second-order valence-corrected chi connectivity index (χ2v) is 8.90. The maximum absolute atomic E-state index is 12.1. The molecule has 0 aromatic carbocycles. The van der Waals surface area contributed by atoms with E-state index < -0.39 is 59.4 Å². The number of rotatable bonds is 21. The molecule has 0 aliphatic rings. The van der Waals surface area contributed by atoms with E-state index in [9.17, 15) is 34.1 Å². The fourth-order valence-corrected chi connectivity index (χ4v) is 3.24. The van der Waals surface area contributed by atoms with Crippen molar-refractivity contribution in [3.05, 3.63) is 34.0 Å². The normalized spacial score (nSPS) is 13.5.